The van der Waals surface area contributed by atoms with E-state index in [1.165, 1.54) is 13.2 Å². The van der Waals surface area contributed by atoms with Gasteiger partial charge in [-0.15, -0.1) is 0 Å². The third kappa shape index (κ3) is 4.61. The monoisotopic (exact) mass is 247 g/mol. The Balaban J connectivity index is 2.48. The molecule has 0 aliphatic carbocycles. The summed E-state index contributed by atoms with van der Waals surface area (Å²) in [5.41, 5.74) is 0.812. The fraction of sp³-hybridized carbons (Fsp3) is 0.154. The van der Waals surface area contributed by atoms with Crippen LogP contribution in [0.1, 0.15) is 5.56 Å². The van der Waals surface area contributed by atoms with Gasteiger partial charge in [-0.3, -0.25) is 14.4 Å². The average Bonchev–Trinajstić information content (AvgIpc) is 2.42. The van der Waals surface area contributed by atoms with E-state index in [2.05, 4.69) is 10.1 Å². The van der Waals surface area contributed by atoms with Crippen LogP contribution in [-0.2, 0) is 19.1 Å². The zero-order chi connectivity index (χ0) is 13.4. The lowest BCUT2D eigenvalue weighted by molar-refractivity contribution is -0.142. The van der Waals surface area contributed by atoms with Crippen molar-refractivity contribution in [1.82, 2.24) is 5.32 Å². The van der Waals surface area contributed by atoms with E-state index in [1.54, 1.807) is 12.1 Å². The summed E-state index contributed by atoms with van der Waals surface area (Å²) >= 11 is 0. The van der Waals surface area contributed by atoms with E-state index in [0.29, 0.717) is 0 Å². The molecule has 1 N–H and O–H groups in total. The number of nitrogens with one attached hydrogen (secondary N) is 1. The minimum Gasteiger partial charge on any atom is -0.468 e. The number of ketones is 1. The summed E-state index contributed by atoms with van der Waals surface area (Å²) < 4.78 is 4.33. The van der Waals surface area contributed by atoms with Crippen molar-refractivity contribution in [3.63, 3.8) is 0 Å². The Kier molecular flexibility index (Phi) is 5.31. The van der Waals surface area contributed by atoms with E-state index in [1.807, 2.05) is 18.2 Å². The Morgan fingerprint density at radius 3 is 2.50 bits per heavy atom. The minimum atomic E-state index is -0.840. The number of methoxy groups -OCH3 is 1. The van der Waals surface area contributed by atoms with Gasteiger partial charge in [-0.2, -0.15) is 0 Å². The van der Waals surface area contributed by atoms with Crippen molar-refractivity contribution in [2.45, 2.75) is 0 Å². The summed E-state index contributed by atoms with van der Waals surface area (Å²) in [6.07, 6.45) is 2.68. The minimum absolute atomic E-state index is 0.319. The summed E-state index contributed by atoms with van der Waals surface area (Å²) in [7, 11) is 1.20. The maximum Gasteiger partial charge on any atom is 0.325 e. The zero-order valence-electron chi connectivity index (χ0n) is 9.88. The Morgan fingerprint density at radius 2 is 1.89 bits per heavy atom. The molecule has 0 spiro atoms. The van der Waals surface area contributed by atoms with Gasteiger partial charge in [0.2, 0.25) is 5.78 Å². The Hall–Kier alpha value is -2.43. The van der Waals surface area contributed by atoms with Gasteiger partial charge < -0.3 is 10.1 Å². The zero-order valence-corrected chi connectivity index (χ0v) is 9.88. The Bertz CT molecular complexity index is 465. The van der Waals surface area contributed by atoms with Gasteiger partial charge in [0.05, 0.1) is 7.11 Å². The molecule has 0 unspecified atom stereocenters. The van der Waals surface area contributed by atoms with Crippen LogP contribution < -0.4 is 5.32 Å². The van der Waals surface area contributed by atoms with Crippen molar-refractivity contribution in [1.29, 1.82) is 0 Å². The molecule has 1 aromatic carbocycles. The highest BCUT2D eigenvalue weighted by Gasteiger charge is 2.11. The topological polar surface area (TPSA) is 72.5 Å². The number of ether oxygens (including phenoxy) is 1. The second-order valence-corrected chi connectivity index (χ2v) is 3.37. The van der Waals surface area contributed by atoms with Crippen LogP contribution in [0, 0.1) is 0 Å². The first kappa shape index (κ1) is 13.6. The molecule has 0 aromatic heterocycles. The second kappa shape index (κ2) is 7.01. The van der Waals surface area contributed by atoms with E-state index in [0.717, 1.165) is 11.6 Å². The molecule has 1 amide bonds. The second-order valence-electron chi connectivity index (χ2n) is 3.37. The molecule has 0 saturated heterocycles. The predicted molar refractivity (Wildman–Crippen MR) is 65.5 cm³/mol. The molecule has 1 aromatic rings. The fourth-order valence-electron chi connectivity index (χ4n) is 1.12. The lowest BCUT2D eigenvalue weighted by Gasteiger charge is -2.00. The number of benzene rings is 1. The van der Waals surface area contributed by atoms with Gasteiger partial charge in [0.1, 0.15) is 6.54 Å². The van der Waals surface area contributed by atoms with Gasteiger partial charge in [-0.25, -0.2) is 0 Å². The molecule has 0 aliphatic rings. The molecule has 0 heterocycles. The van der Waals surface area contributed by atoms with Gasteiger partial charge in [-0.05, 0) is 11.6 Å². The van der Waals surface area contributed by atoms with Crippen LogP contribution in [0.4, 0.5) is 0 Å². The number of amides is 1. The maximum atomic E-state index is 11.4. The van der Waals surface area contributed by atoms with Gasteiger partial charge >= 0.3 is 5.97 Å². The van der Waals surface area contributed by atoms with Gasteiger partial charge in [-0.1, -0.05) is 36.4 Å². The van der Waals surface area contributed by atoms with Crippen LogP contribution in [0.2, 0.25) is 0 Å². The highest BCUT2D eigenvalue weighted by atomic mass is 16.5. The summed E-state index contributed by atoms with van der Waals surface area (Å²) in [6.45, 7) is -0.319. The maximum absolute atomic E-state index is 11.4. The molecule has 18 heavy (non-hydrogen) atoms. The van der Waals surface area contributed by atoms with E-state index in [9.17, 15) is 14.4 Å². The lowest BCUT2D eigenvalue weighted by Crippen LogP contribution is -2.34. The molecule has 0 radical (unpaired) electrons. The number of rotatable bonds is 5. The third-order valence-corrected chi connectivity index (χ3v) is 2.07. The number of carbonyl (C=O) groups is 3. The highest BCUT2D eigenvalue weighted by Crippen LogP contribution is 2.00. The first-order valence-electron chi connectivity index (χ1n) is 5.25. The van der Waals surface area contributed by atoms with E-state index < -0.39 is 17.7 Å². The van der Waals surface area contributed by atoms with Gasteiger partial charge in [0.15, 0.2) is 0 Å². The number of carbonyl (C=O) groups excluding carboxylic acids is 3. The van der Waals surface area contributed by atoms with Crippen LogP contribution in [0.5, 0.6) is 0 Å². The molecule has 0 saturated carbocycles. The number of hydrogen-bond donors (Lipinski definition) is 1. The largest absolute Gasteiger partial charge is 0.468 e. The van der Waals surface area contributed by atoms with Crippen molar-refractivity contribution in [3.05, 3.63) is 42.0 Å². The van der Waals surface area contributed by atoms with Crippen molar-refractivity contribution < 1.29 is 19.1 Å². The molecule has 5 heteroatoms. The van der Waals surface area contributed by atoms with Crippen LogP contribution >= 0.6 is 0 Å². The van der Waals surface area contributed by atoms with Crippen molar-refractivity contribution >= 4 is 23.7 Å². The molecule has 1 rings (SSSR count). The van der Waals surface area contributed by atoms with Gasteiger partial charge in [0, 0.05) is 0 Å². The van der Waals surface area contributed by atoms with Crippen LogP contribution in [0.3, 0.4) is 0 Å². The first-order valence-corrected chi connectivity index (χ1v) is 5.25. The Labute approximate surface area is 104 Å². The van der Waals surface area contributed by atoms with Crippen molar-refractivity contribution in [2.24, 2.45) is 0 Å². The molecule has 5 nitrogen and oxygen atoms in total. The predicted octanol–water partition coefficient (Wildman–Crippen LogP) is 0.558. The van der Waals surface area contributed by atoms with Gasteiger partial charge in [0.25, 0.3) is 5.91 Å². The van der Waals surface area contributed by atoms with Crippen molar-refractivity contribution in [2.75, 3.05) is 13.7 Å². The fourth-order valence-corrected chi connectivity index (χ4v) is 1.12. The molecular formula is C13H13NO4. The average molecular weight is 247 g/mol. The normalized spacial score (nSPS) is 10.1. The third-order valence-electron chi connectivity index (χ3n) is 2.07. The summed E-state index contributed by atoms with van der Waals surface area (Å²) in [5, 5.41) is 2.16. The smallest absolute Gasteiger partial charge is 0.325 e. The molecular weight excluding hydrogens is 234 g/mol. The highest BCUT2D eigenvalue weighted by molar-refractivity contribution is 6.41. The summed E-state index contributed by atoms with van der Waals surface area (Å²) in [4.78, 5) is 33.4. The van der Waals surface area contributed by atoms with E-state index in [-0.39, 0.29) is 6.54 Å². The van der Waals surface area contributed by atoms with Crippen LogP contribution in [0.15, 0.2) is 36.4 Å². The van der Waals surface area contributed by atoms with E-state index in [4.69, 9.17) is 0 Å². The Morgan fingerprint density at radius 1 is 1.22 bits per heavy atom. The standard InChI is InChI=1S/C13H13NO4/c1-18-12(16)9-14-13(17)11(15)8-7-10-5-3-2-4-6-10/h2-8H,9H2,1H3,(H,14,17)/b8-7+. The quantitative estimate of drug-likeness (QED) is 0.468. The molecule has 0 atom stereocenters. The first-order chi connectivity index (χ1) is 8.63. The molecule has 0 aliphatic heterocycles. The van der Waals surface area contributed by atoms with Crippen LogP contribution in [0.25, 0.3) is 6.08 Å². The van der Waals surface area contributed by atoms with Crippen LogP contribution in [-0.4, -0.2) is 31.3 Å². The lowest BCUT2D eigenvalue weighted by atomic mass is 10.2. The summed E-state index contributed by atoms with van der Waals surface area (Å²) in [6, 6.07) is 9.09. The molecule has 0 bridgehead atoms. The number of esters is 1. The van der Waals surface area contributed by atoms with Crippen molar-refractivity contribution in [3.8, 4) is 0 Å². The SMILES string of the molecule is COC(=O)CNC(=O)C(=O)/C=C/c1ccccc1. The molecule has 0 fully saturated rings. The van der Waals surface area contributed by atoms with E-state index >= 15 is 0 Å². The number of hydrogen-bond acceptors (Lipinski definition) is 4. The molecule has 94 valence electrons. The summed E-state index contributed by atoms with van der Waals surface area (Å²) in [5.74, 6) is -2.17.